The minimum Gasteiger partial charge on any atom is -0.314 e. The van der Waals surface area contributed by atoms with E-state index in [2.05, 4.69) is 26.1 Å². The van der Waals surface area contributed by atoms with Gasteiger partial charge >= 0.3 is 0 Å². The van der Waals surface area contributed by atoms with Gasteiger partial charge in [0.15, 0.2) is 0 Å². The van der Waals surface area contributed by atoms with Crippen molar-refractivity contribution in [3.05, 3.63) is 0 Å². The summed E-state index contributed by atoms with van der Waals surface area (Å²) in [6.45, 7) is 8.09. The van der Waals surface area contributed by atoms with Crippen LogP contribution in [0.25, 0.3) is 0 Å². The van der Waals surface area contributed by atoms with Gasteiger partial charge in [0.25, 0.3) is 0 Å². The highest BCUT2D eigenvalue weighted by Gasteiger charge is 2.25. The second kappa shape index (κ2) is 6.44. The summed E-state index contributed by atoms with van der Waals surface area (Å²) in [5.41, 5.74) is 0. The molecule has 1 rings (SSSR count). The first-order valence-corrected chi connectivity index (χ1v) is 6.51. The van der Waals surface area contributed by atoms with Crippen molar-refractivity contribution in [1.29, 1.82) is 0 Å². The molecule has 0 aliphatic heterocycles. The lowest BCUT2D eigenvalue weighted by atomic mass is 9.77. The molecule has 0 aromatic heterocycles. The van der Waals surface area contributed by atoms with E-state index in [-0.39, 0.29) is 0 Å². The van der Waals surface area contributed by atoms with E-state index in [0.29, 0.717) is 0 Å². The van der Waals surface area contributed by atoms with Gasteiger partial charge in [-0.1, -0.05) is 40.0 Å². The molecule has 3 atom stereocenters. The maximum Gasteiger partial charge on any atom is 0.00952 e. The van der Waals surface area contributed by atoms with Crippen LogP contribution in [0.5, 0.6) is 0 Å². The molecule has 84 valence electrons. The molecule has 1 nitrogen and oxygen atoms in total. The highest BCUT2D eigenvalue weighted by atomic mass is 14.9. The minimum absolute atomic E-state index is 0.799. The Hall–Kier alpha value is -0.0400. The van der Waals surface area contributed by atoms with Crippen molar-refractivity contribution in [3.8, 4) is 0 Å². The van der Waals surface area contributed by atoms with Gasteiger partial charge in [0.2, 0.25) is 0 Å². The summed E-state index contributed by atoms with van der Waals surface area (Å²) >= 11 is 0. The molecular weight excluding hydrogens is 170 g/mol. The molecule has 0 amide bonds. The van der Waals surface area contributed by atoms with E-state index in [4.69, 9.17) is 0 Å². The molecule has 0 aromatic carbocycles. The summed E-state index contributed by atoms with van der Waals surface area (Å²) in [6, 6.07) is 0.799. The lowest BCUT2D eigenvalue weighted by molar-refractivity contribution is 0.216. The quantitative estimate of drug-likeness (QED) is 0.710. The van der Waals surface area contributed by atoms with Crippen LogP contribution in [0.1, 0.15) is 59.3 Å². The Kier molecular flexibility index (Phi) is 5.54. The minimum atomic E-state index is 0.799. The Morgan fingerprint density at radius 1 is 1.29 bits per heavy atom. The van der Waals surface area contributed by atoms with Crippen LogP contribution < -0.4 is 5.32 Å². The summed E-state index contributed by atoms with van der Waals surface area (Å²) in [5.74, 6) is 1.92. The van der Waals surface area contributed by atoms with Crippen molar-refractivity contribution in [2.75, 3.05) is 6.54 Å². The molecule has 1 aliphatic rings. The Bertz CT molecular complexity index is 135. The van der Waals surface area contributed by atoms with Crippen molar-refractivity contribution in [1.82, 2.24) is 5.32 Å². The van der Waals surface area contributed by atoms with E-state index < -0.39 is 0 Å². The van der Waals surface area contributed by atoms with Crippen molar-refractivity contribution in [2.45, 2.75) is 65.3 Å². The van der Waals surface area contributed by atoms with Crippen LogP contribution in [0.4, 0.5) is 0 Å². The normalized spacial score (nSPS) is 30.2. The SMILES string of the molecule is CCCC(NCC)C1CCCC(C)C1. The predicted octanol–water partition coefficient (Wildman–Crippen LogP) is 3.59. The number of rotatable bonds is 5. The molecule has 0 bridgehead atoms. The van der Waals surface area contributed by atoms with Gasteiger partial charge in [0, 0.05) is 6.04 Å². The Balaban J connectivity index is 2.39. The second-order valence-corrected chi connectivity index (χ2v) is 4.98. The van der Waals surface area contributed by atoms with Crippen molar-refractivity contribution < 1.29 is 0 Å². The average Bonchev–Trinajstić information content (AvgIpc) is 2.17. The highest BCUT2D eigenvalue weighted by molar-refractivity contribution is 4.80. The van der Waals surface area contributed by atoms with Gasteiger partial charge in [0.05, 0.1) is 0 Å². The first-order chi connectivity index (χ1) is 6.77. The van der Waals surface area contributed by atoms with Crippen LogP contribution in [-0.2, 0) is 0 Å². The Labute approximate surface area is 89.7 Å². The number of nitrogens with one attached hydrogen (secondary N) is 1. The van der Waals surface area contributed by atoms with Gasteiger partial charge in [-0.2, -0.15) is 0 Å². The third-order valence-electron chi connectivity index (χ3n) is 3.61. The van der Waals surface area contributed by atoms with Gasteiger partial charge in [0.1, 0.15) is 0 Å². The second-order valence-electron chi connectivity index (χ2n) is 4.98. The van der Waals surface area contributed by atoms with Gasteiger partial charge in [-0.3, -0.25) is 0 Å². The molecule has 0 spiro atoms. The monoisotopic (exact) mass is 197 g/mol. The molecule has 1 fully saturated rings. The van der Waals surface area contributed by atoms with Crippen molar-refractivity contribution in [3.63, 3.8) is 0 Å². The van der Waals surface area contributed by atoms with E-state index >= 15 is 0 Å². The molecule has 14 heavy (non-hydrogen) atoms. The molecule has 1 N–H and O–H groups in total. The largest absolute Gasteiger partial charge is 0.314 e. The zero-order chi connectivity index (χ0) is 10.4. The van der Waals surface area contributed by atoms with E-state index in [0.717, 1.165) is 24.4 Å². The molecule has 1 aliphatic carbocycles. The third-order valence-corrected chi connectivity index (χ3v) is 3.61. The van der Waals surface area contributed by atoms with Gasteiger partial charge in [-0.15, -0.1) is 0 Å². The zero-order valence-corrected chi connectivity index (χ0v) is 10.2. The fourth-order valence-corrected chi connectivity index (χ4v) is 2.92. The topological polar surface area (TPSA) is 12.0 Å². The first-order valence-electron chi connectivity index (χ1n) is 6.51. The Morgan fingerprint density at radius 3 is 2.64 bits per heavy atom. The van der Waals surface area contributed by atoms with Gasteiger partial charge in [-0.25, -0.2) is 0 Å². The molecule has 0 saturated heterocycles. The third kappa shape index (κ3) is 3.61. The fraction of sp³-hybridized carbons (Fsp3) is 1.00. The predicted molar refractivity (Wildman–Crippen MR) is 63.5 cm³/mol. The van der Waals surface area contributed by atoms with E-state index in [1.807, 2.05) is 0 Å². The summed E-state index contributed by atoms with van der Waals surface area (Å²) in [6.07, 6.45) is 8.52. The molecule has 3 unspecified atom stereocenters. The summed E-state index contributed by atoms with van der Waals surface area (Å²) in [5, 5.41) is 3.67. The van der Waals surface area contributed by atoms with Gasteiger partial charge < -0.3 is 5.32 Å². The molecule has 1 saturated carbocycles. The van der Waals surface area contributed by atoms with Crippen LogP contribution >= 0.6 is 0 Å². The fourth-order valence-electron chi connectivity index (χ4n) is 2.92. The van der Waals surface area contributed by atoms with Crippen molar-refractivity contribution in [2.24, 2.45) is 11.8 Å². The smallest absolute Gasteiger partial charge is 0.00952 e. The van der Waals surface area contributed by atoms with Crippen LogP contribution in [0.15, 0.2) is 0 Å². The van der Waals surface area contributed by atoms with Crippen LogP contribution in [-0.4, -0.2) is 12.6 Å². The first kappa shape index (κ1) is 12.0. The lowest BCUT2D eigenvalue weighted by Crippen LogP contribution is -2.38. The molecule has 1 heteroatoms. The van der Waals surface area contributed by atoms with Crippen molar-refractivity contribution >= 4 is 0 Å². The Morgan fingerprint density at radius 2 is 2.07 bits per heavy atom. The summed E-state index contributed by atoms with van der Waals surface area (Å²) in [7, 11) is 0. The maximum atomic E-state index is 3.67. The molecule has 0 aromatic rings. The molecular formula is C13H27N. The lowest BCUT2D eigenvalue weighted by Gasteiger charge is -2.33. The maximum absolute atomic E-state index is 3.67. The standard InChI is InChI=1S/C13H27N/c1-4-7-13(14-5-2)12-9-6-8-11(3)10-12/h11-14H,4-10H2,1-3H3. The summed E-state index contributed by atoms with van der Waals surface area (Å²) in [4.78, 5) is 0. The summed E-state index contributed by atoms with van der Waals surface area (Å²) < 4.78 is 0. The molecule has 0 heterocycles. The number of hydrogen-bond donors (Lipinski definition) is 1. The average molecular weight is 197 g/mol. The highest BCUT2D eigenvalue weighted by Crippen LogP contribution is 2.32. The number of hydrogen-bond acceptors (Lipinski definition) is 1. The van der Waals surface area contributed by atoms with Crippen LogP contribution in [0.3, 0.4) is 0 Å². The van der Waals surface area contributed by atoms with E-state index in [9.17, 15) is 0 Å². The van der Waals surface area contributed by atoms with Crippen LogP contribution in [0, 0.1) is 11.8 Å². The van der Waals surface area contributed by atoms with Crippen LogP contribution in [0.2, 0.25) is 0 Å². The van der Waals surface area contributed by atoms with Gasteiger partial charge in [-0.05, 0) is 37.6 Å². The molecule has 0 radical (unpaired) electrons. The van der Waals surface area contributed by atoms with E-state index in [1.54, 1.807) is 0 Å². The zero-order valence-electron chi connectivity index (χ0n) is 10.2. The van der Waals surface area contributed by atoms with E-state index in [1.165, 1.54) is 38.5 Å².